The molecule has 7 heteroatoms. The molecular weight excluding hydrogens is 266 g/mol. The third-order valence-corrected chi connectivity index (χ3v) is 5.10. The maximum absolute atomic E-state index is 12.2. The highest BCUT2D eigenvalue weighted by molar-refractivity contribution is 7.86. The highest BCUT2D eigenvalue weighted by atomic mass is 32.2. The fourth-order valence-electron chi connectivity index (χ4n) is 1.64. The van der Waals surface area contributed by atoms with Crippen LogP contribution in [0, 0.1) is 0 Å². The van der Waals surface area contributed by atoms with Crippen LogP contribution < -0.4 is 5.32 Å². The third kappa shape index (κ3) is 6.67. The first-order chi connectivity index (χ1) is 8.87. The maximum Gasteiger partial charge on any atom is 0.281 e. The van der Waals surface area contributed by atoms with Gasteiger partial charge in [-0.3, -0.25) is 0 Å². The molecule has 0 heterocycles. The van der Waals surface area contributed by atoms with E-state index in [1.165, 1.54) is 8.61 Å². The standard InChI is InChI=1S/C12H29N3O3S/c1-6-8-13-9-7-10-14(3)19(16,17)15(4)12(2)11-18-5/h12-13H,6-11H2,1-5H3. The Labute approximate surface area is 118 Å². The largest absolute Gasteiger partial charge is 0.383 e. The first kappa shape index (κ1) is 18.8. The van der Waals surface area contributed by atoms with Gasteiger partial charge in [0.1, 0.15) is 0 Å². The van der Waals surface area contributed by atoms with Crippen molar-refractivity contribution in [1.29, 1.82) is 0 Å². The van der Waals surface area contributed by atoms with Gasteiger partial charge in [0, 0.05) is 33.8 Å². The number of ether oxygens (including phenoxy) is 1. The number of nitrogens with zero attached hydrogens (tertiary/aromatic N) is 2. The molecule has 0 aliphatic heterocycles. The fraction of sp³-hybridized carbons (Fsp3) is 1.00. The second-order valence-electron chi connectivity index (χ2n) is 4.75. The molecular formula is C12H29N3O3S. The van der Waals surface area contributed by atoms with E-state index in [1.807, 2.05) is 6.92 Å². The van der Waals surface area contributed by atoms with E-state index in [-0.39, 0.29) is 6.04 Å². The van der Waals surface area contributed by atoms with E-state index < -0.39 is 10.2 Å². The van der Waals surface area contributed by atoms with Crippen molar-refractivity contribution in [3.63, 3.8) is 0 Å². The van der Waals surface area contributed by atoms with Crippen LogP contribution in [-0.4, -0.2) is 70.5 Å². The molecule has 0 saturated carbocycles. The smallest absolute Gasteiger partial charge is 0.281 e. The molecule has 116 valence electrons. The Hall–Kier alpha value is -0.210. The van der Waals surface area contributed by atoms with Gasteiger partial charge in [0.25, 0.3) is 10.2 Å². The Morgan fingerprint density at radius 3 is 2.42 bits per heavy atom. The fourth-order valence-corrected chi connectivity index (χ4v) is 2.95. The average Bonchev–Trinajstić information content (AvgIpc) is 2.37. The lowest BCUT2D eigenvalue weighted by Crippen LogP contribution is -2.46. The molecule has 6 nitrogen and oxygen atoms in total. The van der Waals surface area contributed by atoms with E-state index in [9.17, 15) is 8.42 Å². The topological polar surface area (TPSA) is 61.9 Å². The van der Waals surface area contributed by atoms with Gasteiger partial charge in [0.2, 0.25) is 0 Å². The SMILES string of the molecule is CCCNCCCN(C)S(=O)(=O)N(C)C(C)COC. The summed E-state index contributed by atoms with van der Waals surface area (Å²) in [5.41, 5.74) is 0. The number of rotatable bonds is 11. The van der Waals surface area contributed by atoms with E-state index in [0.29, 0.717) is 13.2 Å². The molecule has 0 fully saturated rings. The summed E-state index contributed by atoms with van der Waals surface area (Å²) < 4.78 is 32.2. The van der Waals surface area contributed by atoms with Crippen molar-refractivity contribution in [1.82, 2.24) is 13.9 Å². The van der Waals surface area contributed by atoms with Gasteiger partial charge < -0.3 is 10.1 Å². The Bertz CT molecular complexity index is 322. The molecule has 0 aromatic carbocycles. The average molecular weight is 295 g/mol. The van der Waals surface area contributed by atoms with Crippen LogP contribution in [0.5, 0.6) is 0 Å². The molecule has 0 amide bonds. The van der Waals surface area contributed by atoms with Crippen LogP contribution in [0.25, 0.3) is 0 Å². The monoisotopic (exact) mass is 295 g/mol. The lowest BCUT2D eigenvalue weighted by atomic mass is 10.4. The maximum atomic E-state index is 12.2. The van der Waals surface area contributed by atoms with Crippen LogP contribution in [0.4, 0.5) is 0 Å². The van der Waals surface area contributed by atoms with Crippen molar-refractivity contribution >= 4 is 10.2 Å². The minimum absolute atomic E-state index is 0.171. The Balaban J connectivity index is 4.23. The van der Waals surface area contributed by atoms with Gasteiger partial charge >= 0.3 is 0 Å². The van der Waals surface area contributed by atoms with Crippen molar-refractivity contribution in [2.45, 2.75) is 32.7 Å². The van der Waals surface area contributed by atoms with Crippen molar-refractivity contribution in [2.75, 3.05) is 47.4 Å². The molecule has 0 saturated heterocycles. The molecule has 0 rings (SSSR count). The summed E-state index contributed by atoms with van der Waals surface area (Å²) in [5.74, 6) is 0. The zero-order valence-electron chi connectivity index (χ0n) is 12.8. The molecule has 0 aliphatic carbocycles. The predicted octanol–water partition coefficient (Wildman–Crippen LogP) is 0.519. The molecule has 19 heavy (non-hydrogen) atoms. The quantitative estimate of drug-likeness (QED) is 0.565. The van der Waals surface area contributed by atoms with E-state index >= 15 is 0 Å². The molecule has 0 aromatic rings. The Kier molecular flexibility index (Phi) is 9.55. The minimum Gasteiger partial charge on any atom is -0.383 e. The molecule has 1 N–H and O–H groups in total. The summed E-state index contributed by atoms with van der Waals surface area (Å²) in [6.45, 7) is 6.66. The summed E-state index contributed by atoms with van der Waals surface area (Å²) >= 11 is 0. The Morgan fingerprint density at radius 2 is 1.89 bits per heavy atom. The lowest BCUT2D eigenvalue weighted by molar-refractivity contribution is 0.146. The molecule has 1 unspecified atom stereocenters. The zero-order chi connectivity index (χ0) is 14.9. The Morgan fingerprint density at radius 1 is 1.26 bits per heavy atom. The highest BCUT2D eigenvalue weighted by Gasteiger charge is 2.27. The normalized spacial score (nSPS) is 14.3. The third-order valence-electron chi connectivity index (χ3n) is 3.04. The van der Waals surface area contributed by atoms with E-state index in [2.05, 4.69) is 12.2 Å². The van der Waals surface area contributed by atoms with E-state index in [1.54, 1.807) is 21.2 Å². The van der Waals surface area contributed by atoms with Crippen LogP contribution in [0.3, 0.4) is 0 Å². The second-order valence-corrected chi connectivity index (χ2v) is 6.85. The lowest BCUT2D eigenvalue weighted by Gasteiger charge is -2.28. The molecule has 0 bridgehead atoms. The second kappa shape index (κ2) is 9.66. The number of likely N-dealkylation sites (N-methyl/N-ethyl adjacent to an activating group) is 1. The zero-order valence-corrected chi connectivity index (χ0v) is 13.7. The van der Waals surface area contributed by atoms with Gasteiger partial charge in [-0.25, -0.2) is 0 Å². The van der Waals surface area contributed by atoms with E-state index in [4.69, 9.17) is 4.74 Å². The number of hydrogen-bond acceptors (Lipinski definition) is 4. The summed E-state index contributed by atoms with van der Waals surface area (Å²) in [5, 5.41) is 3.26. The molecule has 1 atom stereocenters. The summed E-state index contributed by atoms with van der Waals surface area (Å²) in [6.07, 6.45) is 1.90. The number of methoxy groups -OCH3 is 1. The summed E-state index contributed by atoms with van der Waals surface area (Å²) in [6, 6.07) is -0.171. The number of nitrogens with one attached hydrogen (secondary N) is 1. The van der Waals surface area contributed by atoms with Crippen molar-refractivity contribution in [3.05, 3.63) is 0 Å². The molecule has 0 aromatic heterocycles. The van der Waals surface area contributed by atoms with Gasteiger partial charge in [0.05, 0.1) is 6.61 Å². The van der Waals surface area contributed by atoms with Crippen molar-refractivity contribution < 1.29 is 13.2 Å². The van der Waals surface area contributed by atoms with Gasteiger partial charge in [-0.1, -0.05) is 6.92 Å². The van der Waals surface area contributed by atoms with Crippen LogP contribution >= 0.6 is 0 Å². The molecule has 0 spiro atoms. The van der Waals surface area contributed by atoms with Crippen LogP contribution in [0.2, 0.25) is 0 Å². The predicted molar refractivity (Wildman–Crippen MR) is 78.4 cm³/mol. The van der Waals surface area contributed by atoms with Gasteiger partial charge in [-0.15, -0.1) is 0 Å². The highest BCUT2D eigenvalue weighted by Crippen LogP contribution is 2.09. The first-order valence-corrected chi connectivity index (χ1v) is 8.16. The van der Waals surface area contributed by atoms with Gasteiger partial charge in [-0.2, -0.15) is 17.0 Å². The summed E-state index contributed by atoms with van der Waals surface area (Å²) in [4.78, 5) is 0. The van der Waals surface area contributed by atoms with E-state index in [0.717, 1.165) is 25.9 Å². The van der Waals surface area contributed by atoms with Crippen molar-refractivity contribution in [3.8, 4) is 0 Å². The van der Waals surface area contributed by atoms with Crippen LogP contribution in [-0.2, 0) is 14.9 Å². The minimum atomic E-state index is -3.39. The van der Waals surface area contributed by atoms with Gasteiger partial charge in [-0.05, 0) is 32.9 Å². The van der Waals surface area contributed by atoms with Gasteiger partial charge in [0.15, 0.2) is 0 Å². The summed E-state index contributed by atoms with van der Waals surface area (Å²) in [7, 11) is 1.38. The molecule has 0 aliphatic rings. The van der Waals surface area contributed by atoms with Crippen LogP contribution in [0.15, 0.2) is 0 Å². The molecule has 0 radical (unpaired) electrons. The van der Waals surface area contributed by atoms with Crippen molar-refractivity contribution in [2.24, 2.45) is 0 Å². The first-order valence-electron chi connectivity index (χ1n) is 6.76. The van der Waals surface area contributed by atoms with Crippen LogP contribution in [0.1, 0.15) is 26.7 Å². The number of hydrogen-bond donors (Lipinski definition) is 1.